The number of H-pyrrole nitrogens is 1. The van der Waals surface area contributed by atoms with Gasteiger partial charge in [0.2, 0.25) is 0 Å². The first-order chi connectivity index (χ1) is 14.5. The first-order valence-corrected chi connectivity index (χ1v) is 9.96. The number of hydrogen-bond donors (Lipinski definition) is 3. The molecule has 3 aromatic rings. The number of benzene rings is 2. The number of nitrogens with one attached hydrogen (secondary N) is 2. The van der Waals surface area contributed by atoms with E-state index in [2.05, 4.69) is 26.2 Å². The van der Waals surface area contributed by atoms with Gasteiger partial charge in [0.05, 0.1) is 11.0 Å². The minimum atomic E-state index is -4.76. The Labute approximate surface area is 183 Å². The topological polar surface area (TPSA) is 91.4 Å². The van der Waals surface area contributed by atoms with Gasteiger partial charge in [-0.1, -0.05) is 13.8 Å². The molecule has 3 N–H and O–H groups in total. The zero-order valence-corrected chi connectivity index (χ0v) is 18.0. The molecular weight excluding hydrogens is 481 g/mol. The van der Waals surface area contributed by atoms with Crippen LogP contribution in [0.2, 0.25) is 0 Å². The number of rotatable bonds is 7. The molecule has 10 heteroatoms. The highest BCUT2D eigenvalue weighted by Gasteiger charge is 2.36. The number of fused-ring (bicyclic) bond motifs is 1. The molecule has 31 heavy (non-hydrogen) atoms. The van der Waals surface area contributed by atoms with Crippen molar-refractivity contribution in [1.82, 2.24) is 4.98 Å². The lowest BCUT2D eigenvalue weighted by atomic mass is 10.0. The van der Waals surface area contributed by atoms with Crippen LogP contribution in [-0.2, 0) is 15.8 Å². The number of ether oxygens (including phenoxy) is 1. The minimum absolute atomic E-state index is 0.00847. The highest BCUT2D eigenvalue weighted by Crippen LogP contribution is 2.44. The Morgan fingerprint density at radius 3 is 2.55 bits per heavy atom. The van der Waals surface area contributed by atoms with E-state index in [1.807, 2.05) is 20.0 Å². The fourth-order valence-electron chi connectivity index (χ4n) is 3.05. The van der Waals surface area contributed by atoms with Crippen LogP contribution in [0.4, 0.5) is 18.9 Å². The van der Waals surface area contributed by atoms with E-state index in [1.165, 1.54) is 6.07 Å². The van der Waals surface area contributed by atoms with E-state index < -0.39 is 35.8 Å². The predicted molar refractivity (Wildman–Crippen MR) is 113 cm³/mol. The van der Waals surface area contributed by atoms with Crippen LogP contribution in [0, 0.1) is 0 Å². The molecule has 0 unspecified atom stereocenters. The van der Waals surface area contributed by atoms with Gasteiger partial charge in [-0.2, -0.15) is 13.2 Å². The highest BCUT2D eigenvalue weighted by molar-refractivity contribution is 9.10. The maximum absolute atomic E-state index is 13.7. The van der Waals surface area contributed by atoms with Crippen LogP contribution in [-0.4, -0.2) is 28.4 Å². The number of halogens is 4. The first-order valence-electron chi connectivity index (χ1n) is 9.17. The molecule has 2 aromatic carbocycles. The quantitative estimate of drug-likeness (QED) is 0.351. The smallest absolute Gasteiger partial charge is 0.420 e. The Kier molecular flexibility index (Phi) is 6.30. The number of aromatic nitrogens is 1. The van der Waals surface area contributed by atoms with Crippen molar-refractivity contribution in [3.05, 3.63) is 52.1 Å². The van der Waals surface area contributed by atoms with Crippen LogP contribution in [0.15, 0.2) is 41.0 Å². The van der Waals surface area contributed by atoms with E-state index in [0.717, 1.165) is 22.5 Å². The summed E-state index contributed by atoms with van der Waals surface area (Å²) in [6.45, 7) is 3.37. The summed E-state index contributed by atoms with van der Waals surface area (Å²) in [5.74, 6) is -2.86. The monoisotopic (exact) mass is 498 g/mol. The fraction of sp³-hybridized carbons (Fsp3) is 0.238. The van der Waals surface area contributed by atoms with E-state index in [9.17, 15) is 22.8 Å². The molecular formula is C21H18BrF3N2O4. The maximum atomic E-state index is 13.7. The Bertz CT molecular complexity index is 1160. The zero-order chi connectivity index (χ0) is 22.9. The van der Waals surface area contributed by atoms with Gasteiger partial charge in [-0.25, -0.2) is 4.79 Å². The van der Waals surface area contributed by atoms with Gasteiger partial charge in [-0.15, -0.1) is 0 Å². The largest absolute Gasteiger partial charge is 0.475 e. The maximum Gasteiger partial charge on any atom is 0.420 e. The van der Waals surface area contributed by atoms with Gasteiger partial charge in [0, 0.05) is 22.8 Å². The summed E-state index contributed by atoms with van der Waals surface area (Å²) in [5.41, 5.74) is 0.696. The van der Waals surface area contributed by atoms with Crippen molar-refractivity contribution in [3.63, 3.8) is 0 Å². The van der Waals surface area contributed by atoms with Gasteiger partial charge in [0.15, 0.2) is 5.75 Å². The lowest BCUT2D eigenvalue weighted by Gasteiger charge is -2.18. The second-order valence-electron chi connectivity index (χ2n) is 7.12. The van der Waals surface area contributed by atoms with Crippen LogP contribution < -0.4 is 10.1 Å². The van der Waals surface area contributed by atoms with E-state index in [-0.39, 0.29) is 21.8 Å². The number of ketones is 1. The Morgan fingerprint density at radius 1 is 1.23 bits per heavy atom. The van der Waals surface area contributed by atoms with E-state index in [0.29, 0.717) is 0 Å². The standard InChI is InChI=1S/C21H18BrF3N2O4/c1-10(2)14-8-27-17-4-3-12(7-13(14)17)31-19-15(21(23,24)25)5-11(6-16(19)22)26-9-18(28)20(29)30/h3-8,10,26-27H,9H2,1-2H3,(H,29,30). The SMILES string of the molecule is CC(C)c1c[nH]c2ccc(Oc3c(Br)cc(NCC(=O)C(=O)O)cc3C(F)(F)F)cc12. The number of anilines is 1. The summed E-state index contributed by atoms with van der Waals surface area (Å²) >= 11 is 3.09. The summed E-state index contributed by atoms with van der Waals surface area (Å²) < 4.78 is 46.8. The number of carboxylic acids is 1. The third kappa shape index (κ3) is 5.01. The zero-order valence-electron chi connectivity index (χ0n) is 16.4. The molecule has 0 bridgehead atoms. The molecule has 6 nitrogen and oxygen atoms in total. The Balaban J connectivity index is 1.98. The Morgan fingerprint density at radius 2 is 1.94 bits per heavy atom. The van der Waals surface area contributed by atoms with Crippen molar-refractivity contribution in [2.75, 3.05) is 11.9 Å². The normalized spacial score (nSPS) is 11.7. The second kappa shape index (κ2) is 8.62. The summed E-state index contributed by atoms with van der Waals surface area (Å²) in [6.07, 6.45) is -2.90. The van der Waals surface area contributed by atoms with Crippen molar-refractivity contribution in [2.24, 2.45) is 0 Å². The molecule has 1 heterocycles. The highest BCUT2D eigenvalue weighted by atomic mass is 79.9. The molecule has 0 atom stereocenters. The number of carboxylic acid groups (broad SMARTS) is 1. The molecule has 3 rings (SSSR count). The van der Waals surface area contributed by atoms with E-state index >= 15 is 0 Å². The van der Waals surface area contributed by atoms with Crippen LogP contribution >= 0.6 is 15.9 Å². The van der Waals surface area contributed by atoms with Gasteiger partial charge in [0.25, 0.3) is 5.78 Å². The van der Waals surface area contributed by atoms with Crippen molar-refractivity contribution in [3.8, 4) is 11.5 Å². The average Bonchev–Trinajstić information content (AvgIpc) is 3.10. The number of hydrogen-bond acceptors (Lipinski definition) is 4. The van der Waals surface area contributed by atoms with Gasteiger partial charge < -0.3 is 20.1 Å². The fourth-order valence-corrected chi connectivity index (χ4v) is 3.59. The molecule has 0 aliphatic carbocycles. The van der Waals surface area contributed by atoms with Crippen molar-refractivity contribution >= 4 is 44.3 Å². The van der Waals surface area contributed by atoms with Crippen LogP contribution in [0.3, 0.4) is 0 Å². The molecule has 0 saturated carbocycles. The van der Waals surface area contributed by atoms with Gasteiger partial charge in [-0.3, -0.25) is 4.79 Å². The molecule has 0 saturated heterocycles. The van der Waals surface area contributed by atoms with Gasteiger partial charge in [0.1, 0.15) is 11.3 Å². The second-order valence-corrected chi connectivity index (χ2v) is 7.98. The molecule has 164 valence electrons. The van der Waals surface area contributed by atoms with Crippen LogP contribution in [0.25, 0.3) is 10.9 Å². The van der Waals surface area contributed by atoms with Crippen molar-refractivity contribution in [2.45, 2.75) is 25.9 Å². The van der Waals surface area contributed by atoms with Crippen molar-refractivity contribution < 1.29 is 32.6 Å². The lowest BCUT2D eigenvalue weighted by molar-refractivity contribution is -0.148. The third-order valence-electron chi connectivity index (χ3n) is 4.57. The predicted octanol–water partition coefficient (Wildman–Crippen LogP) is 5.93. The van der Waals surface area contributed by atoms with Gasteiger partial charge in [-0.05, 0) is 57.7 Å². The van der Waals surface area contributed by atoms with Crippen molar-refractivity contribution in [1.29, 1.82) is 0 Å². The lowest BCUT2D eigenvalue weighted by Crippen LogP contribution is -2.22. The van der Waals surface area contributed by atoms with E-state index in [1.54, 1.807) is 18.2 Å². The van der Waals surface area contributed by atoms with Crippen LogP contribution in [0.1, 0.15) is 30.9 Å². The Hall–Kier alpha value is -3.01. The molecule has 0 spiro atoms. The third-order valence-corrected chi connectivity index (χ3v) is 5.16. The number of aromatic amines is 1. The number of aliphatic carboxylic acids is 1. The molecule has 0 amide bonds. The average molecular weight is 499 g/mol. The number of Topliss-reactive ketones (excluding diaryl/α,β-unsaturated/α-hetero) is 1. The molecule has 1 aromatic heterocycles. The van der Waals surface area contributed by atoms with E-state index in [4.69, 9.17) is 9.84 Å². The summed E-state index contributed by atoms with van der Waals surface area (Å²) in [6, 6.07) is 7.02. The summed E-state index contributed by atoms with van der Waals surface area (Å²) in [5, 5.41) is 11.9. The summed E-state index contributed by atoms with van der Waals surface area (Å²) in [7, 11) is 0. The van der Waals surface area contributed by atoms with Crippen LogP contribution in [0.5, 0.6) is 11.5 Å². The number of carbonyl (C=O) groups excluding carboxylic acids is 1. The molecule has 0 radical (unpaired) electrons. The minimum Gasteiger partial charge on any atom is -0.475 e. The van der Waals surface area contributed by atoms with Gasteiger partial charge >= 0.3 is 12.1 Å². The molecule has 0 aliphatic rings. The summed E-state index contributed by atoms with van der Waals surface area (Å²) in [4.78, 5) is 25.0. The number of alkyl halides is 3. The number of carbonyl (C=O) groups is 2. The molecule has 0 aliphatic heterocycles. The molecule has 0 fully saturated rings. The first kappa shape index (κ1) is 22.7.